The van der Waals surface area contributed by atoms with Crippen molar-refractivity contribution < 1.29 is 5.11 Å². The van der Waals surface area contributed by atoms with Gasteiger partial charge < -0.3 is 10.4 Å². The van der Waals surface area contributed by atoms with Crippen LogP contribution in [-0.4, -0.2) is 23.8 Å². The highest BCUT2D eigenvalue weighted by Gasteiger charge is 2.17. The Bertz CT molecular complexity index is 145. The van der Waals surface area contributed by atoms with Crippen molar-refractivity contribution in [2.75, 3.05) is 6.54 Å². The van der Waals surface area contributed by atoms with Gasteiger partial charge in [-0.25, -0.2) is 0 Å². The number of rotatable bonds is 2. The molecule has 1 aliphatic rings. The maximum absolute atomic E-state index is 9.71. The molecule has 12 heavy (non-hydrogen) atoms. The van der Waals surface area contributed by atoms with Gasteiger partial charge in [0, 0.05) is 6.04 Å². The number of allylic oxidation sites excluding steroid dienone is 2. The van der Waals surface area contributed by atoms with E-state index in [1.54, 1.807) is 0 Å². The summed E-state index contributed by atoms with van der Waals surface area (Å²) in [7, 11) is 0. The van der Waals surface area contributed by atoms with Gasteiger partial charge in [-0.15, -0.1) is 0 Å². The number of hydrogen-bond donors (Lipinski definition) is 2. The highest BCUT2D eigenvalue weighted by atomic mass is 16.3. The first-order valence-electron chi connectivity index (χ1n) is 4.91. The molecule has 0 saturated heterocycles. The van der Waals surface area contributed by atoms with Crippen LogP contribution in [0.3, 0.4) is 0 Å². The fourth-order valence-electron chi connectivity index (χ4n) is 1.67. The molecule has 0 aromatic heterocycles. The third-order valence-corrected chi connectivity index (χ3v) is 2.37. The van der Waals surface area contributed by atoms with Gasteiger partial charge in [0.2, 0.25) is 0 Å². The molecule has 0 fully saturated rings. The summed E-state index contributed by atoms with van der Waals surface area (Å²) in [5.74, 6) is 0. The Hall–Kier alpha value is -0.340. The van der Waals surface area contributed by atoms with E-state index in [2.05, 4.69) is 24.4 Å². The van der Waals surface area contributed by atoms with Crippen LogP contribution in [0.4, 0.5) is 0 Å². The van der Waals surface area contributed by atoms with E-state index in [4.69, 9.17) is 0 Å². The Labute approximate surface area is 74.7 Å². The highest BCUT2D eigenvalue weighted by molar-refractivity contribution is 4.89. The van der Waals surface area contributed by atoms with Crippen LogP contribution in [0.15, 0.2) is 12.2 Å². The van der Waals surface area contributed by atoms with Crippen molar-refractivity contribution in [2.45, 2.75) is 44.8 Å². The molecule has 0 aromatic rings. The van der Waals surface area contributed by atoms with Crippen LogP contribution in [-0.2, 0) is 0 Å². The lowest BCUT2D eigenvalue weighted by molar-refractivity contribution is 0.115. The summed E-state index contributed by atoms with van der Waals surface area (Å²) < 4.78 is 0. The second-order valence-corrected chi connectivity index (χ2v) is 3.36. The molecule has 2 N–H and O–H groups in total. The number of aliphatic hydroxyl groups is 1. The maximum atomic E-state index is 9.71. The minimum absolute atomic E-state index is 0.158. The summed E-state index contributed by atoms with van der Waals surface area (Å²) in [6, 6.07) is 0.306. The van der Waals surface area contributed by atoms with Gasteiger partial charge >= 0.3 is 0 Å². The molecular weight excluding hydrogens is 150 g/mol. The minimum Gasteiger partial charge on any atom is -0.391 e. The van der Waals surface area contributed by atoms with Gasteiger partial charge in [0.1, 0.15) is 0 Å². The van der Waals surface area contributed by atoms with E-state index in [9.17, 15) is 5.11 Å². The van der Waals surface area contributed by atoms with Gasteiger partial charge in [-0.1, -0.05) is 19.1 Å². The molecule has 2 heteroatoms. The zero-order valence-corrected chi connectivity index (χ0v) is 7.79. The summed E-state index contributed by atoms with van der Waals surface area (Å²) in [4.78, 5) is 0. The van der Waals surface area contributed by atoms with Crippen molar-refractivity contribution in [1.29, 1.82) is 0 Å². The number of aliphatic hydroxyl groups excluding tert-OH is 1. The summed E-state index contributed by atoms with van der Waals surface area (Å²) in [5.41, 5.74) is 0. The lowest BCUT2D eigenvalue weighted by atomic mass is 9.98. The predicted molar refractivity (Wildman–Crippen MR) is 51.1 cm³/mol. The van der Waals surface area contributed by atoms with E-state index in [0.29, 0.717) is 6.04 Å². The van der Waals surface area contributed by atoms with E-state index in [1.165, 1.54) is 0 Å². The zero-order valence-electron chi connectivity index (χ0n) is 7.79. The maximum Gasteiger partial charge on any atom is 0.0696 e. The van der Waals surface area contributed by atoms with E-state index in [1.807, 2.05) is 0 Å². The second kappa shape index (κ2) is 5.33. The molecule has 0 heterocycles. The summed E-state index contributed by atoms with van der Waals surface area (Å²) >= 11 is 0. The van der Waals surface area contributed by atoms with Gasteiger partial charge in [0.05, 0.1) is 6.10 Å². The number of hydrogen-bond acceptors (Lipinski definition) is 2. The van der Waals surface area contributed by atoms with Crippen LogP contribution in [0.5, 0.6) is 0 Å². The molecule has 0 aromatic carbocycles. The molecular formula is C10H19NO. The van der Waals surface area contributed by atoms with Crippen LogP contribution in [0, 0.1) is 0 Å². The van der Waals surface area contributed by atoms with Crippen molar-refractivity contribution in [3.8, 4) is 0 Å². The molecule has 0 spiro atoms. The Morgan fingerprint density at radius 1 is 1.33 bits per heavy atom. The number of nitrogens with one attached hydrogen (secondary N) is 1. The molecule has 0 bridgehead atoms. The molecule has 1 aliphatic carbocycles. The van der Waals surface area contributed by atoms with E-state index in [0.717, 1.165) is 32.2 Å². The highest BCUT2D eigenvalue weighted by Crippen LogP contribution is 2.12. The van der Waals surface area contributed by atoms with Gasteiger partial charge in [-0.05, 0) is 32.2 Å². The van der Waals surface area contributed by atoms with E-state index < -0.39 is 0 Å². The third-order valence-electron chi connectivity index (χ3n) is 2.37. The Morgan fingerprint density at radius 2 is 2.00 bits per heavy atom. The summed E-state index contributed by atoms with van der Waals surface area (Å²) in [5, 5.41) is 13.0. The first-order valence-corrected chi connectivity index (χ1v) is 4.91. The lowest BCUT2D eigenvalue weighted by Crippen LogP contribution is -2.39. The van der Waals surface area contributed by atoms with Crippen molar-refractivity contribution in [1.82, 2.24) is 5.32 Å². The van der Waals surface area contributed by atoms with Crippen molar-refractivity contribution >= 4 is 0 Å². The van der Waals surface area contributed by atoms with Crippen molar-refractivity contribution in [2.24, 2.45) is 0 Å². The predicted octanol–water partition coefficient (Wildman–Crippen LogP) is 1.46. The zero-order chi connectivity index (χ0) is 8.81. The Morgan fingerprint density at radius 3 is 2.67 bits per heavy atom. The average molecular weight is 169 g/mol. The molecule has 1 rings (SSSR count). The normalized spacial score (nSPS) is 31.2. The number of likely N-dealkylation sites (N-methyl/N-ethyl adjacent to an activating group) is 1. The molecule has 2 nitrogen and oxygen atoms in total. The smallest absolute Gasteiger partial charge is 0.0696 e. The molecule has 0 radical (unpaired) electrons. The van der Waals surface area contributed by atoms with Crippen molar-refractivity contribution in [3.05, 3.63) is 12.2 Å². The lowest BCUT2D eigenvalue weighted by Gasteiger charge is -2.24. The fraction of sp³-hybridized carbons (Fsp3) is 0.800. The third kappa shape index (κ3) is 2.95. The van der Waals surface area contributed by atoms with Gasteiger partial charge in [0.15, 0.2) is 0 Å². The first kappa shape index (κ1) is 9.75. The second-order valence-electron chi connectivity index (χ2n) is 3.36. The topological polar surface area (TPSA) is 32.3 Å². The monoisotopic (exact) mass is 169 g/mol. The summed E-state index contributed by atoms with van der Waals surface area (Å²) in [6.45, 7) is 3.03. The standard InChI is InChI=1S/C10H19NO/c1-2-11-9-7-5-3-4-6-8-10(9)12/h3-4,9-12H,2,5-8H2,1H3/t9-,10-/m1/s1. The van der Waals surface area contributed by atoms with Crippen LogP contribution in [0.25, 0.3) is 0 Å². The van der Waals surface area contributed by atoms with Gasteiger partial charge in [-0.3, -0.25) is 0 Å². The SMILES string of the molecule is CCN[C@@H]1CCC=CCC[C@H]1O. The van der Waals surface area contributed by atoms with E-state index >= 15 is 0 Å². The van der Waals surface area contributed by atoms with Gasteiger partial charge in [0.25, 0.3) is 0 Å². The van der Waals surface area contributed by atoms with Crippen LogP contribution in [0.1, 0.15) is 32.6 Å². The molecule has 0 saturated carbocycles. The first-order chi connectivity index (χ1) is 5.84. The Balaban J connectivity index is 2.40. The molecule has 0 aliphatic heterocycles. The molecule has 0 unspecified atom stereocenters. The molecule has 70 valence electrons. The van der Waals surface area contributed by atoms with E-state index in [-0.39, 0.29) is 6.10 Å². The van der Waals surface area contributed by atoms with Crippen LogP contribution >= 0.6 is 0 Å². The fourth-order valence-corrected chi connectivity index (χ4v) is 1.67. The minimum atomic E-state index is -0.158. The van der Waals surface area contributed by atoms with Crippen LogP contribution in [0.2, 0.25) is 0 Å². The van der Waals surface area contributed by atoms with Gasteiger partial charge in [-0.2, -0.15) is 0 Å². The quantitative estimate of drug-likeness (QED) is 0.613. The van der Waals surface area contributed by atoms with Crippen molar-refractivity contribution in [3.63, 3.8) is 0 Å². The summed E-state index contributed by atoms with van der Waals surface area (Å²) in [6.07, 6.45) is 8.30. The molecule has 2 atom stereocenters. The van der Waals surface area contributed by atoms with Crippen LogP contribution < -0.4 is 5.32 Å². The Kier molecular flexibility index (Phi) is 4.33. The molecule has 0 amide bonds. The average Bonchev–Trinajstić information content (AvgIpc) is 2.05. The largest absolute Gasteiger partial charge is 0.391 e.